The van der Waals surface area contributed by atoms with Crippen LogP contribution in [0.3, 0.4) is 0 Å². The molecule has 2 saturated heterocycles. The molecule has 2 atom stereocenters. The zero-order chi connectivity index (χ0) is 32.7. The molecule has 0 aliphatic carbocycles. The number of rotatable bonds is 8. The van der Waals surface area contributed by atoms with Crippen molar-refractivity contribution in [3.63, 3.8) is 0 Å². The first kappa shape index (κ1) is 34.3. The summed E-state index contributed by atoms with van der Waals surface area (Å²) in [6.07, 6.45) is 4.58. The SMILES string of the molecule is CC.CCCC1(CC)CCN(C(=O)CN2CCN(c3ccc4c(=O)[nH]c(/C(=N\N)S(=O)c5ccc(C)cc5C)nc4c3)CC2)C1. The van der Waals surface area contributed by atoms with E-state index in [0.29, 0.717) is 27.8 Å². The van der Waals surface area contributed by atoms with Gasteiger partial charge in [0.25, 0.3) is 5.56 Å². The van der Waals surface area contributed by atoms with E-state index in [0.717, 1.165) is 75.3 Å². The molecule has 2 aromatic carbocycles. The van der Waals surface area contributed by atoms with Gasteiger partial charge in [-0.1, -0.05) is 51.8 Å². The van der Waals surface area contributed by atoms with Crippen LogP contribution in [-0.4, -0.2) is 80.7 Å². The van der Waals surface area contributed by atoms with E-state index in [-0.39, 0.29) is 22.3 Å². The number of aryl methyl sites for hydroxylation is 2. The van der Waals surface area contributed by atoms with E-state index in [9.17, 15) is 13.8 Å². The first-order valence-corrected chi connectivity index (χ1v) is 17.4. The lowest BCUT2D eigenvalue weighted by atomic mass is 9.80. The van der Waals surface area contributed by atoms with Gasteiger partial charge in [0.2, 0.25) is 5.91 Å². The highest BCUT2D eigenvalue weighted by atomic mass is 32.2. The van der Waals surface area contributed by atoms with Gasteiger partial charge >= 0.3 is 0 Å². The standard InChI is InChI=1S/C32H43N7O3S.C2H6/c1-5-11-32(6-2)12-13-39(21-32)28(40)20-37-14-16-38(17-15-37)24-8-9-25-26(19-24)34-29(35-30(25)41)31(36-33)43(42)27-10-7-22(3)18-23(27)4;1-2/h7-10,18-19H,5-6,11-17,20-21,33H2,1-4H3,(H,34,35,41);1-2H3/b36-31+;. The molecule has 2 aliphatic rings. The van der Waals surface area contributed by atoms with Crippen molar-refractivity contribution >= 4 is 38.3 Å². The number of carbonyl (C=O) groups is 1. The quantitative estimate of drug-likeness (QED) is 0.161. The van der Waals surface area contributed by atoms with E-state index >= 15 is 0 Å². The summed E-state index contributed by atoms with van der Waals surface area (Å²) in [5.41, 5.74) is 3.27. The van der Waals surface area contributed by atoms with Crippen LogP contribution in [0.25, 0.3) is 10.9 Å². The maximum absolute atomic E-state index is 13.4. The molecule has 1 aromatic heterocycles. The van der Waals surface area contributed by atoms with Crippen LogP contribution in [0.5, 0.6) is 0 Å². The summed E-state index contributed by atoms with van der Waals surface area (Å²) < 4.78 is 13.4. The van der Waals surface area contributed by atoms with E-state index in [4.69, 9.17) is 5.84 Å². The molecule has 2 aliphatic heterocycles. The number of H-pyrrole nitrogens is 1. The van der Waals surface area contributed by atoms with Crippen LogP contribution >= 0.6 is 0 Å². The molecule has 0 spiro atoms. The molecular weight excluding hydrogens is 586 g/mol. The van der Waals surface area contributed by atoms with Crippen molar-refractivity contribution in [2.24, 2.45) is 16.4 Å². The fourth-order valence-corrected chi connectivity index (χ4v) is 7.66. The predicted octanol–water partition coefficient (Wildman–Crippen LogP) is 4.55. The number of aromatic amines is 1. The maximum Gasteiger partial charge on any atom is 0.259 e. The monoisotopic (exact) mass is 635 g/mol. The van der Waals surface area contributed by atoms with Crippen molar-refractivity contribution in [2.75, 3.05) is 50.7 Å². The number of aromatic nitrogens is 2. The normalized spacial score (nSPS) is 19.8. The van der Waals surface area contributed by atoms with Gasteiger partial charge in [-0.2, -0.15) is 5.10 Å². The molecule has 2 fully saturated rings. The van der Waals surface area contributed by atoms with Crippen LogP contribution in [0.4, 0.5) is 5.69 Å². The van der Waals surface area contributed by atoms with Gasteiger partial charge in [0, 0.05) is 49.9 Å². The Bertz CT molecular complexity index is 1610. The highest BCUT2D eigenvalue weighted by molar-refractivity contribution is 8.01. The lowest BCUT2D eigenvalue weighted by Crippen LogP contribution is -2.50. The van der Waals surface area contributed by atoms with Gasteiger partial charge in [-0.3, -0.25) is 14.5 Å². The van der Waals surface area contributed by atoms with Gasteiger partial charge in [-0.15, -0.1) is 0 Å². The van der Waals surface area contributed by atoms with Gasteiger partial charge in [0.05, 0.1) is 17.4 Å². The zero-order valence-electron chi connectivity index (χ0n) is 27.7. The highest BCUT2D eigenvalue weighted by Crippen LogP contribution is 2.38. The third-order valence-electron chi connectivity index (χ3n) is 9.13. The molecule has 0 radical (unpaired) electrons. The highest BCUT2D eigenvalue weighted by Gasteiger charge is 2.38. The number of piperazine rings is 1. The summed E-state index contributed by atoms with van der Waals surface area (Å²) in [6, 6.07) is 11.2. The fourth-order valence-electron chi connectivity index (χ4n) is 6.54. The molecule has 3 heterocycles. The molecule has 11 heteroatoms. The number of fused-ring (bicyclic) bond motifs is 1. The Morgan fingerprint density at radius 3 is 2.44 bits per heavy atom. The average Bonchev–Trinajstić information content (AvgIpc) is 3.47. The minimum absolute atomic E-state index is 0.0125. The van der Waals surface area contributed by atoms with Crippen LogP contribution < -0.4 is 16.3 Å². The lowest BCUT2D eigenvalue weighted by molar-refractivity contribution is -0.131. The minimum atomic E-state index is -1.72. The van der Waals surface area contributed by atoms with Gasteiger partial charge in [0.1, 0.15) is 10.8 Å². The third-order valence-corrected chi connectivity index (χ3v) is 10.6. The molecule has 2 unspecified atom stereocenters. The Balaban J connectivity index is 0.00000226. The Kier molecular flexibility index (Phi) is 11.5. The molecule has 1 amide bonds. The van der Waals surface area contributed by atoms with Crippen LogP contribution in [0.15, 0.2) is 51.2 Å². The van der Waals surface area contributed by atoms with Gasteiger partial charge in [-0.05, 0) is 68.4 Å². The Morgan fingerprint density at radius 2 is 1.80 bits per heavy atom. The third kappa shape index (κ3) is 7.64. The molecule has 45 heavy (non-hydrogen) atoms. The topological polar surface area (TPSA) is 128 Å². The summed E-state index contributed by atoms with van der Waals surface area (Å²) in [5.74, 6) is 6.00. The second-order valence-electron chi connectivity index (χ2n) is 12.0. The van der Waals surface area contributed by atoms with Gasteiger partial charge in [0.15, 0.2) is 10.9 Å². The van der Waals surface area contributed by atoms with Crippen molar-refractivity contribution in [2.45, 2.75) is 72.1 Å². The molecule has 244 valence electrons. The fraction of sp³-hybridized carbons (Fsp3) is 0.529. The van der Waals surface area contributed by atoms with E-state index in [1.807, 2.05) is 52.0 Å². The number of hydrazone groups is 1. The van der Waals surface area contributed by atoms with Gasteiger partial charge in [-0.25, -0.2) is 9.19 Å². The summed E-state index contributed by atoms with van der Waals surface area (Å²) >= 11 is 0. The number of anilines is 1. The number of hydrogen-bond acceptors (Lipinski definition) is 8. The second kappa shape index (κ2) is 15.1. The van der Waals surface area contributed by atoms with Crippen LogP contribution in [0, 0.1) is 19.3 Å². The van der Waals surface area contributed by atoms with Crippen molar-refractivity contribution in [1.29, 1.82) is 0 Å². The van der Waals surface area contributed by atoms with Crippen molar-refractivity contribution in [3.05, 3.63) is 63.7 Å². The molecule has 5 rings (SSSR count). The predicted molar refractivity (Wildman–Crippen MR) is 184 cm³/mol. The molecule has 0 bridgehead atoms. The maximum atomic E-state index is 13.4. The zero-order valence-corrected chi connectivity index (χ0v) is 28.5. The number of nitrogens with one attached hydrogen (secondary N) is 1. The Hall–Kier alpha value is -3.57. The first-order chi connectivity index (χ1) is 21.7. The summed E-state index contributed by atoms with van der Waals surface area (Å²) in [5, 5.41) is 4.22. The van der Waals surface area contributed by atoms with Crippen molar-refractivity contribution in [3.8, 4) is 0 Å². The molecule has 0 saturated carbocycles. The van der Waals surface area contributed by atoms with Crippen LogP contribution in [0.2, 0.25) is 0 Å². The number of hydrogen-bond donors (Lipinski definition) is 2. The number of carbonyl (C=O) groups excluding carboxylic acids is 1. The van der Waals surface area contributed by atoms with Gasteiger partial charge < -0.3 is 20.6 Å². The molecular formula is C34H49N7O3S. The molecule has 3 aromatic rings. The van der Waals surface area contributed by atoms with Crippen molar-refractivity contribution < 1.29 is 9.00 Å². The minimum Gasteiger partial charge on any atom is -0.369 e. The van der Waals surface area contributed by atoms with E-state index < -0.39 is 10.8 Å². The summed E-state index contributed by atoms with van der Waals surface area (Å²) in [4.78, 5) is 40.6. The molecule has 10 nitrogen and oxygen atoms in total. The lowest BCUT2D eigenvalue weighted by Gasteiger charge is -2.36. The van der Waals surface area contributed by atoms with E-state index in [2.05, 4.69) is 43.6 Å². The summed E-state index contributed by atoms with van der Waals surface area (Å²) in [6.45, 7) is 17.6. The van der Waals surface area contributed by atoms with Crippen molar-refractivity contribution in [1.82, 2.24) is 19.8 Å². The smallest absolute Gasteiger partial charge is 0.259 e. The largest absolute Gasteiger partial charge is 0.369 e. The Labute approximate surface area is 269 Å². The Morgan fingerprint density at radius 1 is 1.07 bits per heavy atom. The number of benzene rings is 2. The first-order valence-electron chi connectivity index (χ1n) is 16.2. The number of nitrogens with zero attached hydrogens (tertiary/aromatic N) is 5. The average molecular weight is 636 g/mol. The van der Waals surface area contributed by atoms with Crippen LogP contribution in [-0.2, 0) is 15.6 Å². The van der Waals surface area contributed by atoms with E-state index in [1.54, 1.807) is 12.1 Å². The second-order valence-corrected chi connectivity index (χ2v) is 13.4. The number of nitrogens with two attached hydrogens (primary N) is 1. The number of amides is 1. The summed E-state index contributed by atoms with van der Waals surface area (Å²) in [7, 11) is -1.72. The van der Waals surface area contributed by atoms with Crippen LogP contribution in [0.1, 0.15) is 70.3 Å². The van der Waals surface area contributed by atoms with E-state index in [1.165, 1.54) is 6.42 Å². The number of likely N-dealkylation sites (tertiary alicyclic amines) is 1. The molecule has 3 N–H and O–H groups in total.